The number of carbonyl (C=O) groups is 4. The Morgan fingerprint density at radius 2 is 1.00 bits per heavy atom. The molecule has 0 saturated carbocycles. The number of rotatable bonds is 21. The number of aliphatic hydroxyl groups excluding tert-OH is 1. The Labute approximate surface area is 331 Å². The summed E-state index contributed by atoms with van der Waals surface area (Å²) < 4.78 is 0. The Balaban J connectivity index is 1.49. The van der Waals surface area contributed by atoms with E-state index in [4.69, 9.17) is 0 Å². The highest BCUT2D eigenvalue weighted by Crippen LogP contribution is 2.17. The van der Waals surface area contributed by atoms with Gasteiger partial charge in [-0.15, -0.1) is 0 Å². The lowest BCUT2D eigenvalue weighted by molar-refractivity contribution is -0.130. The third-order valence-electron chi connectivity index (χ3n) is 8.57. The van der Waals surface area contributed by atoms with Gasteiger partial charge >= 0.3 is 0 Å². The molecular weight excluding hydrogens is 737 g/mol. The van der Waals surface area contributed by atoms with Crippen molar-refractivity contribution in [3.05, 3.63) is 109 Å². The average Bonchev–Trinajstić information content (AvgIpc) is 3.18. The quantitative estimate of drug-likeness (QED) is 0.0613. The maximum Gasteiger partial charge on any atom is 0.243 e. The SMILES string of the molecule is CC(C)[C@H](NC(=O)CSc1ncccn1)C(=O)N[C@@H](Cc1ccccc1)C[C@H](O)[C@H](Cc1ccccc1)NC(=O)[C@@H](NC(=O)CSc1ncccn1)C(C)C. The van der Waals surface area contributed by atoms with Crippen molar-refractivity contribution in [3.63, 3.8) is 0 Å². The van der Waals surface area contributed by atoms with Crippen LogP contribution in [0.2, 0.25) is 0 Å². The van der Waals surface area contributed by atoms with Gasteiger partial charge in [0.2, 0.25) is 23.6 Å². The van der Waals surface area contributed by atoms with Crippen LogP contribution in [-0.2, 0) is 32.0 Å². The van der Waals surface area contributed by atoms with Gasteiger partial charge in [-0.3, -0.25) is 19.2 Å². The lowest BCUT2D eigenvalue weighted by atomic mass is 9.92. The summed E-state index contributed by atoms with van der Waals surface area (Å²) in [5, 5.41) is 24.6. The van der Waals surface area contributed by atoms with Gasteiger partial charge in [-0.2, -0.15) is 0 Å². The molecule has 2 heterocycles. The summed E-state index contributed by atoms with van der Waals surface area (Å²) in [5.74, 6) is -1.95. The molecule has 0 saturated heterocycles. The van der Waals surface area contributed by atoms with E-state index in [-0.39, 0.29) is 47.5 Å². The van der Waals surface area contributed by atoms with Gasteiger partial charge in [0.25, 0.3) is 0 Å². The van der Waals surface area contributed by atoms with Gasteiger partial charge in [0.15, 0.2) is 10.3 Å². The van der Waals surface area contributed by atoms with Crippen molar-refractivity contribution in [2.45, 2.75) is 87.5 Å². The van der Waals surface area contributed by atoms with Gasteiger partial charge in [0.1, 0.15) is 12.1 Å². The first-order valence-corrected chi connectivity index (χ1v) is 20.2. The zero-order valence-corrected chi connectivity index (χ0v) is 33.1. The fourth-order valence-corrected chi connectivity index (χ4v) is 6.97. The number of hydrogen-bond donors (Lipinski definition) is 5. The molecule has 0 radical (unpaired) electrons. The van der Waals surface area contributed by atoms with Gasteiger partial charge in [-0.1, -0.05) is 112 Å². The number of carbonyl (C=O) groups excluding carboxylic acids is 4. The minimum absolute atomic E-state index is 0.0234. The summed E-state index contributed by atoms with van der Waals surface area (Å²) in [5.41, 5.74) is 1.83. The van der Waals surface area contributed by atoms with E-state index in [2.05, 4.69) is 41.2 Å². The first-order valence-electron chi connectivity index (χ1n) is 18.2. The van der Waals surface area contributed by atoms with Gasteiger partial charge in [0.05, 0.1) is 23.7 Å². The standard InChI is InChI=1S/C40H50N8O5S2/c1-26(2)35(47-33(50)24-54-39-41-17-11-18-42-39)37(52)45-30(21-28-13-7-5-8-14-28)23-32(49)31(22-29-15-9-6-10-16-29)46-38(53)36(27(3)4)48-34(51)25-55-40-43-19-12-20-44-40/h5-20,26-27,30-32,35-36,49H,21-25H2,1-4H3,(H,45,52)(H,46,53)(H,47,50)(H,48,51)/t30-,31-,32-,35-,36-/m0/s1. The fourth-order valence-electron chi connectivity index (χ4n) is 5.74. The summed E-state index contributed by atoms with van der Waals surface area (Å²) >= 11 is 2.34. The molecule has 4 rings (SSSR count). The Hall–Kier alpha value is -4.86. The van der Waals surface area contributed by atoms with Crippen molar-refractivity contribution >= 4 is 47.2 Å². The minimum atomic E-state index is -1.11. The van der Waals surface area contributed by atoms with Crippen LogP contribution >= 0.6 is 23.5 Å². The second-order valence-electron chi connectivity index (χ2n) is 13.7. The van der Waals surface area contributed by atoms with Crippen molar-refractivity contribution in [1.82, 2.24) is 41.2 Å². The summed E-state index contributed by atoms with van der Waals surface area (Å²) in [6.07, 6.45) is 6.05. The smallest absolute Gasteiger partial charge is 0.243 e. The first kappa shape index (κ1) is 42.9. The van der Waals surface area contributed by atoms with Gasteiger partial charge in [-0.05, 0) is 54.4 Å². The average molecular weight is 787 g/mol. The number of hydrogen-bond acceptors (Lipinski definition) is 11. The van der Waals surface area contributed by atoms with Crippen LogP contribution in [0.5, 0.6) is 0 Å². The predicted molar refractivity (Wildman–Crippen MR) is 214 cm³/mol. The molecule has 292 valence electrons. The van der Waals surface area contributed by atoms with E-state index >= 15 is 0 Å². The van der Waals surface area contributed by atoms with Crippen LogP contribution in [0.3, 0.4) is 0 Å². The maximum absolute atomic E-state index is 13.9. The number of nitrogens with zero attached hydrogens (tertiary/aromatic N) is 4. The number of aromatic nitrogens is 4. The summed E-state index contributed by atoms with van der Waals surface area (Å²) in [4.78, 5) is 70.2. The van der Waals surface area contributed by atoms with Crippen LogP contribution in [0.4, 0.5) is 0 Å². The second-order valence-corrected chi connectivity index (χ2v) is 15.6. The number of benzene rings is 2. The van der Waals surface area contributed by atoms with Gasteiger partial charge < -0.3 is 26.4 Å². The van der Waals surface area contributed by atoms with Gasteiger partial charge in [-0.25, -0.2) is 19.9 Å². The lowest BCUT2D eigenvalue weighted by Crippen LogP contribution is -2.57. The van der Waals surface area contributed by atoms with Crippen LogP contribution in [0.1, 0.15) is 45.2 Å². The molecule has 0 bridgehead atoms. The van der Waals surface area contributed by atoms with E-state index < -0.39 is 36.2 Å². The highest BCUT2D eigenvalue weighted by molar-refractivity contribution is 8.00. The Morgan fingerprint density at radius 3 is 1.44 bits per heavy atom. The molecule has 2 aromatic carbocycles. The molecule has 0 aliphatic carbocycles. The van der Waals surface area contributed by atoms with E-state index in [1.807, 2.05) is 88.4 Å². The zero-order valence-electron chi connectivity index (χ0n) is 31.5. The largest absolute Gasteiger partial charge is 0.391 e. The molecule has 0 aliphatic heterocycles. The van der Waals surface area contributed by atoms with Crippen molar-refractivity contribution < 1.29 is 24.3 Å². The van der Waals surface area contributed by atoms with Gasteiger partial charge in [0, 0.05) is 30.8 Å². The van der Waals surface area contributed by atoms with E-state index in [0.29, 0.717) is 23.2 Å². The van der Waals surface area contributed by atoms with E-state index in [0.717, 1.165) is 11.1 Å². The zero-order chi connectivity index (χ0) is 39.6. The normalized spacial score (nSPS) is 13.9. The third kappa shape index (κ3) is 15.1. The highest BCUT2D eigenvalue weighted by Gasteiger charge is 2.32. The molecule has 5 atom stereocenters. The Kier molecular flexibility index (Phi) is 17.5. The number of nitrogens with one attached hydrogen (secondary N) is 4. The van der Waals surface area contributed by atoms with Crippen LogP contribution in [0, 0.1) is 11.8 Å². The van der Waals surface area contributed by atoms with Crippen LogP contribution in [0.25, 0.3) is 0 Å². The molecule has 0 spiro atoms. The molecule has 4 amide bonds. The first-order chi connectivity index (χ1) is 26.5. The lowest BCUT2D eigenvalue weighted by Gasteiger charge is -2.31. The summed E-state index contributed by atoms with van der Waals surface area (Å²) in [7, 11) is 0. The van der Waals surface area contributed by atoms with Crippen LogP contribution < -0.4 is 21.3 Å². The van der Waals surface area contributed by atoms with Crippen LogP contribution in [0.15, 0.2) is 108 Å². The van der Waals surface area contributed by atoms with Crippen molar-refractivity contribution in [2.24, 2.45) is 11.8 Å². The molecule has 55 heavy (non-hydrogen) atoms. The van der Waals surface area contributed by atoms with E-state index in [1.54, 1.807) is 36.9 Å². The molecule has 0 aliphatic rings. The van der Waals surface area contributed by atoms with E-state index in [1.165, 1.54) is 23.5 Å². The number of amides is 4. The Bertz CT molecular complexity index is 1780. The summed E-state index contributed by atoms with van der Waals surface area (Å²) in [6, 6.07) is 19.4. The molecular formula is C40H50N8O5S2. The predicted octanol–water partition coefficient (Wildman–Crippen LogP) is 3.64. The molecule has 0 fully saturated rings. The molecule has 5 N–H and O–H groups in total. The van der Waals surface area contributed by atoms with E-state index in [9.17, 15) is 24.3 Å². The van der Waals surface area contributed by atoms with Crippen molar-refractivity contribution in [3.8, 4) is 0 Å². The number of aliphatic hydroxyl groups is 1. The fraction of sp³-hybridized carbons (Fsp3) is 0.400. The molecule has 2 aromatic heterocycles. The third-order valence-corrected chi connectivity index (χ3v) is 10.3. The summed E-state index contributed by atoms with van der Waals surface area (Å²) in [6.45, 7) is 7.37. The van der Waals surface area contributed by atoms with Crippen molar-refractivity contribution in [1.29, 1.82) is 0 Å². The second kappa shape index (κ2) is 22.5. The van der Waals surface area contributed by atoms with Crippen molar-refractivity contribution in [2.75, 3.05) is 11.5 Å². The molecule has 15 heteroatoms. The Morgan fingerprint density at radius 1 is 0.582 bits per heavy atom. The highest BCUT2D eigenvalue weighted by atomic mass is 32.2. The molecule has 13 nitrogen and oxygen atoms in total. The maximum atomic E-state index is 13.9. The van der Waals surface area contributed by atoms with Crippen LogP contribution in [-0.4, -0.2) is 90.4 Å². The monoisotopic (exact) mass is 786 g/mol. The molecule has 4 aromatic rings. The molecule has 0 unspecified atom stereocenters. The topological polar surface area (TPSA) is 188 Å². The number of thioether (sulfide) groups is 2. The minimum Gasteiger partial charge on any atom is -0.391 e.